The minimum atomic E-state index is -1.01. The van der Waals surface area contributed by atoms with Crippen molar-refractivity contribution < 1.29 is 9.90 Å². The van der Waals surface area contributed by atoms with Crippen LogP contribution in [0.25, 0.3) is 11.4 Å². The van der Waals surface area contributed by atoms with Gasteiger partial charge in [-0.1, -0.05) is 28.1 Å². The highest BCUT2D eigenvalue weighted by molar-refractivity contribution is 9.10. The van der Waals surface area contributed by atoms with Crippen LogP contribution in [-0.2, 0) is 13.0 Å². The number of halogens is 1. The van der Waals surface area contributed by atoms with Gasteiger partial charge >= 0.3 is 5.97 Å². The molecule has 3 rings (SSSR count). The highest BCUT2D eigenvalue weighted by Crippen LogP contribution is 2.26. The van der Waals surface area contributed by atoms with Gasteiger partial charge in [-0.25, -0.2) is 14.8 Å². The lowest BCUT2D eigenvalue weighted by Gasteiger charge is -2.18. The number of nitrogens with one attached hydrogen (secondary N) is 1. The summed E-state index contributed by atoms with van der Waals surface area (Å²) in [4.78, 5) is 20.3. The van der Waals surface area contributed by atoms with Gasteiger partial charge in [-0.2, -0.15) is 0 Å². The maximum Gasteiger partial charge on any atom is 0.354 e. The average Bonchev–Trinajstić information content (AvgIpc) is 2.48. The Bertz CT molecular complexity index is 731. The Hall–Kier alpha value is -1.79. The van der Waals surface area contributed by atoms with Crippen molar-refractivity contribution in [3.63, 3.8) is 0 Å². The van der Waals surface area contributed by atoms with Crippen LogP contribution in [0.3, 0.4) is 0 Å². The van der Waals surface area contributed by atoms with Gasteiger partial charge in [0.2, 0.25) is 0 Å². The minimum absolute atomic E-state index is 0.0962. The van der Waals surface area contributed by atoms with E-state index in [0.717, 1.165) is 34.3 Å². The monoisotopic (exact) mass is 347 g/mol. The Kier molecular flexibility index (Phi) is 3.73. The molecule has 1 aromatic heterocycles. The van der Waals surface area contributed by atoms with E-state index in [0.29, 0.717) is 17.9 Å². The number of hydrogen-bond acceptors (Lipinski definition) is 4. The van der Waals surface area contributed by atoms with Gasteiger partial charge < -0.3 is 10.4 Å². The van der Waals surface area contributed by atoms with Gasteiger partial charge in [0.15, 0.2) is 11.5 Å². The van der Waals surface area contributed by atoms with Crippen molar-refractivity contribution in [1.82, 2.24) is 15.3 Å². The molecule has 0 radical (unpaired) electrons. The number of nitrogens with zero attached hydrogens (tertiary/aromatic N) is 2. The number of carboxylic acid groups (broad SMARTS) is 1. The second-order valence-electron chi connectivity index (χ2n) is 5.02. The van der Waals surface area contributed by atoms with Crippen molar-refractivity contribution in [2.24, 2.45) is 0 Å². The summed E-state index contributed by atoms with van der Waals surface area (Å²) in [5.74, 6) is -0.543. The van der Waals surface area contributed by atoms with E-state index in [9.17, 15) is 9.90 Å². The normalized spacial score (nSPS) is 13.8. The number of benzene rings is 1. The molecule has 1 aliphatic heterocycles. The van der Waals surface area contributed by atoms with Gasteiger partial charge in [0, 0.05) is 35.1 Å². The molecule has 0 aliphatic carbocycles. The van der Waals surface area contributed by atoms with Gasteiger partial charge in [-0.3, -0.25) is 0 Å². The maximum absolute atomic E-state index is 11.5. The third kappa shape index (κ3) is 2.69. The number of hydrogen-bond donors (Lipinski definition) is 2. The predicted octanol–water partition coefficient (Wildman–Crippen LogP) is 2.56. The highest BCUT2D eigenvalue weighted by atomic mass is 79.9. The van der Waals surface area contributed by atoms with E-state index < -0.39 is 5.97 Å². The van der Waals surface area contributed by atoms with Crippen LogP contribution in [0.4, 0.5) is 0 Å². The van der Waals surface area contributed by atoms with Crippen LogP contribution in [0.5, 0.6) is 0 Å². The van der Waals surface area contributed by atoms with Crippen molar-refractivity contribution in [3.8, 4) is 11.4 Å². The van der Waals surface area contributed by atoms with E-state index in [2.05, 4.69) is 31.2 Å². The van der Waals surface area contributed by atoms with Crippen LogP contribution in [0, 0.1) is 6.92 Å². The van der Waals surface area contributed by atoms with E-state index in [4.69, 9.17) is 0 Å². The molecular formula is C15H14BrN3O2. The molecule has 21 heavy (non-hydrogen) atoms. The fourth-order valence-electron chi connectivity index (χ4n) is 2.38. The van der Waals surface area contributed by atoms with E-state index in [1.807, 2.05) is 25.1 Å². The lowest BCUT2D eigenvalue weighted by Crippen LogP contribution is -2.28. The van der Waals surface area contributed by atoms with Gasteiger partial charge in [0.05, 0.1) is 5.69 Å². The summed E-state index contributed by atoms with van der Waals surface area (Å²) in [6, 6.07) is 5.79. The van der Waals surface area contributed by atoms with E-state index in [1.54, 1.807) is 0 Å². The van der Waals surface area contributed by atoms with Gasteiger partial charge in [0.1, 0.15) is 0 Å². The summed E-state index contributed by atoms with van der Waals surface area (Å²) in [7, 11) is 0. The SMILES string of the molecule is Cc1ccc(-c2nc3c(c(C(=O)O)n2)CNCC3)cc1Br. The zero-order valence-electron chi connectivity index (χ0n) is 11.5. The first-order valence-electron chi connectivity index (χ1n) is 6.66. The van der Waals surface area contributed by atoms with Crippen molar-refractivity contribution in [3.05, 3.63) is 45.2 Å². The Morgan fingerprint density at radius 3 is 2.90 bits per heavy atom. The maximum atomic E-state index is 11.5. The molecule has 1 aromatic carbocycles. The lowest BCUT2D eigenvalue weighted by atomic mass is 10.0. The minimum Gasteiger partial charge on any atom is -0.476 e. The smallest absolute Gasteiger partial charge is 0.354 e. The summed E-state index contributed by atoms with van der Waals surface area (Å²) >= 11 is 3.48. The number of fused-ring (bicyclic) bond motifs is 1. The van der Waals surface area contributed by atoms with E-state index >= 15 is 0 Å². The fraction of sp³-hybridized carbons (Fsp3) is 0.267. The first kappa shape index (κ1) is 14.2. The van der Waals surface area contributed by atoms with E-state index in [1.165, 1.54) is 0 Å². The van der Waals surface area contributed by atoms with Crippen LogP contribution < -0.4 is 5.32 Å². The van der Waals surface area contributed by atoms with Gasteiger partial charge in [0.25, 0.3) is 0 Å². The Labute approximate surface area is 130 Å². The third-order valence-corrected chi connectivity index (χ3v) is 4.42. The van der Waals surface area contributed by atoms with Gasteiger partial charge in [-0.05, 0) is 18.6 Å². The van der Waals surface area contributed by atoms with Crippen molar-refractivity contribution in [1.29, 1.82) is 0 Å². The van der Waals surface area contributed by atoms with Crippen LogP contribution in [0.1, 0.15) is 27.3 Å². The largest absolute Gasteiger partial charge is 0.476 e. The number of rotatable bonds is 2. The summed E-state index contributed by atoms with van der Waals surface area (Å²) in [6.07, 6.45) is 0.720. The number of carbonyl (C=O) groups is 1. The molecule has 1 aliphatic rings. The predicted molar refractivity (Wildman–Crippen MR) is 82.3 cm³/mol. The second kappa shape index (κ2) is 5.54. The molecule has 2 aromatic rings. The molecular weight excluding hydrogens is 334 g/mol. The average molecular weight is 348 g/mol. The molecule has 2 heterocycles. The summed E-state index contributed by atoms with van der Waals surface area (Å²) < 4.78 is 0.958. The summed E-state index contributed by atoms with van der Waals surface area (Å²) in [6.45, 7) is 3.31. The first-order valence-corrected chi connectivity index (χ1v) is 7.46. The van der Waals surface area contributed by atoms with Crippen LogP contribution in [0.2, 0.25) is 0 Å². The standard InChI is InChI=1S/C15H14BrN3O2/c1-8-2-3-9(6-11(8)16)14-18-12-4-5-17-7-10(12)13(19-14)15(20)21/h2-3,6,17H,4-5,7H2,1H3,(H,20,21). The molecule has 6 heteroatoms. The molecule has 0 fully saturated rings. The number of aryl methyl sites for hydroxylation is 1. The number of carboxylic acids is 1. The Morgan fingerprint density at radius 1 is 1.38 bits per heavy atom. The second-order valence-corrected chi connectivity index (χ2v) is 5.87. The molecule has 0 bridgehead atoms. The molecule has 2 N–H and O–H groups in total. The fourth-order valence-corrected chi connectivity index (χ4v) is 2.76. The van der Waals surface area contributed by atoms with Gasteiger partial charge in [-0.15, -0.1) is 0 Å². The van der Waals surface area contributed by atoms with Crippen LogP contribution in [0.15, 0.2) is 22.7 Å². The summed E-state index contributed by atoms with van der Waals surface area (Å²) in [5.41, 5.74) is 3.55. The van der Waals surface area contributed by atoms with E-state index in [-0.39, 0.29) is 5.69 Å². The quantitative estimate of drug-likeness (QED) is 0.873. The van der Waals surface area contributed by atoms with Crippen molar-refractivity contribution in [2.75, 3.05) is 6.54 Å². The van der Waals surface area contributed by atoms with Crippen molar-refractivity contribution >= 4 is 21.9 Å². The van der Waals surface area contributed by atoms with Crippen LogP contribution in [-0.4, -0.2) is 27.6 Å². The number of aromatic nitrogens is 2. The molecule has 0 atom stereocenters. The van der Waals surface area contributed by atoms with Crippen molar-refractivity contribution in [2.45, 2.75) is 19.9 Å². The molecule has 0 saturated heterocycles. The topological polar surface area (TPSA) is 75.1 Å². The third-order valence-electron chi connectivity index (χ3n) is 3.57. The molecule has 0 unspecified atom stereocenters. The lowest BCUT2D eigenvalue weighted by molar-refractivity contribution is 0.0688. The molecule has 108 valence electrons. The Balaban J connectivity index is 2.16. The first-order chi connectivity index (χ1) is 10.1. The Morgan fingerprint density at radius 2 is 2.19 bits per heavy atom. The molecule has 0 spiro atoms. The zero-order chi connectivity index (χ0) is 15.0. The van der Waals surface area contributed by atoms with Crippen LogP contribution >= 0.6 is 15.9 Å². The molecule has 5 nitrogen and oxygen atoms in total. The molecule has 0 amide bonds. The summed E-state index contributed by atoms with van der Waals surface area (Å²) in [5, 5.41) is 12.5. The zero-order valence-corrected chi connectivity index (χ0v) is 13.1. The molecule has 0 saturated carbocycles. The number of aromatic carboxylic acids is 1. The highest BCUT2D eigenvalue weighted by Gasteiger charge is 2.22.